The van der Waals surface area contributed by atoms with Gasteiger partial charge in [0.05, 0.1) is 23.2 Å². The summed E-state index contributed by atoms with van der Waals surface area (Å²) in [6.07, 6.45) is 4.99. The van der Waals surface area contributed by atoms with Crippen LogP contribution in [0, 0.1) is 0 Å². The van der Waals surface area contributed by atoms with Crippen molar-refractivity contribution >= 4 is 34.6 Å². The minimum Gasteiger partial charge on any atom is -0.383 e. The Balaban J connectivity index is 1.24. The van der Waals surface area contributed by atoms with Crippen LogP contribution in [-0.4, -0.2) is 55.4 Å². The minimum absolute atomic E-state index is 0.168. The molecule has 4 aromatic rings. The normalized spacial score (nSPS) is 20.6. The number of hydrogen-bond acceptors (Lipinski definition) is 4. The Bertz CT molecular complexity index is 1490. The molecule has 1 amide bonds. The van der Waals surface area contributed by atoms with Crippen LogP contribution < -0.4 is 4.90 Å². The van der Waals surface area contributed by atoms with Crippen molar-refractivity contribution in [3.05, 3.63) is 94.7 Å². The lowest BCUT2D eigenvalue weighted by Crippen LogP contribution is -2.35. The third kappa shape index (κ3) is 4.06. The monoisotopic (exact) mass is 492 g/mol. The van der Waals surface area contributed by atoms with E-state index in [2.05, 4.69) is 95.9 Å². The molecule has 2 atom stereocenters. The van der Waals surface area contributed by atoms with Crippen LogP contribution in [0.5, 0.6) is 0 Å². The summed E-state index contributed by atoms with van der Waals surface area (Å²) in [5.74, 6) is 0.363. The van der Waals surface area contributed by atoms with E-state index in [-0.39, 0.29) is 11.8 Å². The molecule has 1 aromatic heterocycles. The van der Waals surface area contributed by atoms with Crippen LogP contribution in [0.25, 0.3) is 23.1 Å². The van der Waals surface area contributed by atoms with Gasteiger partial charge in [-0.25, -0.2) is 0 Å². The fourth-order valence-electron chi connectivity index (χ4n) is 5.83. The third-order valence-corrected chi connectivity index (χ3v) is 7.71. The van der Waals surface area contributed by atoms with Crippen LogP contribution in [0.2, 0.25) is 0 Å². The molecule has 1 spiro atoms. The highest BCUT2D eigenvalue weighted by atomic mass is 16.5. The molecule has 6 nitrogen and oxygen atoms in total. The Morgan fingerprint density at radius 3 is 2.70 bits per heavy atom. The van der Waals surface area contributed by atoms with Gasteiger partial charge in [-0.2, -0.15) is 5.10 Å². The predicted molar refractivity (Wildman–Crippen MR) is 149 cm³/mol. The fourth-order valence-corrected chi connectivity index (χ4v) is 5.83. The SMILES string of the molecule is COCCN1C(=O)C2(CC2c2ccc3c(/C=C/c4ccc(CN(C)C)cc4)n[nH]c3c2)c2ccccc21. The molecule has 0 bridgehead atoms. The lowest BCUT2D eigenvalue weighted by atomic mass is 9.92. The van der Waals surface area contributed by atoms with Gasteiger partial charge in [0, 0.05) is 37.2 Å². The van der Waals surface area contributed by atoms with Gasteiger partial charge in [-0.1, -0.05) is 60.7 Å². The molecule has 0 saturated heterocycles. The van der Waals surface area contributed by atoms with Gasteiger partial charge >= 0.3 is 0 Å². The number of methoxy groups -OCH3 is 1. The lowest BCUT2D eigenvalue weighted by molar-refractivity contribution is -0.120. The molecule has 2 aliphatic rings. The second kappa shape index (κ2) is 9.29. The zero-order chi connectivity index (χ0) is 25.6. The molecular formula is C31H32N4O2. The number of ether oxygens (including phenoxy) is 1. The molecule has 1 N–H and O–H groups in total. The second-order valence-corrected chi connectivity index (χ2v) is 10.4. The number of amides is 1. The van der Waals surface area contributed by atoms with E-state index in [4.69, 9.17) is 4.74 Å². The van der Waals surface area contributed by atoms with Crippen LogP contribution >= 0.6 is 0 Å². The maximum atomic E-state index is 13.6. The number of H-pyrrole nitrogens is 1. The Morgan fingerprint density at radius 2 is 1.92 bits per heavy atom. The maximum Gasteiger partial charge on any atom is 0.238 e. The first-order valence-corrected chi connectivity index (χ1v) is 12.8. The van der Waals surface area contributed by atoms with Gasteiger partial charge in [0.1, 0.15) is 0 Å². The van der Waals surface area contributed by atoms with Gasteiger partial charge in [-0.15, -0.1) is 0 Å². The molecule has 37 heavy (non-hydrogen) atoms. The Morgan fingerprint density at radius 1 is 1.11 bits per heavy atom. The number of fused-ring (bicyclic) bond motifs is 3. The summed E-state index contributed by atoms with van der Waals surface area (Å²) in [5.41, 5.74) is 7.24. The standard InChI is InChI=1S/C31H32N4O2/c1-34(2)20-22-10-8-21(9-11-22)12-15-27-24-14-13-23(18-28(24)33-32-27)26-19-31(26)25-6-4-5-7-29(25)35(30(31)36)16-17-37-3/h4-15,18,26H,16-17,19-20H2,1-3H3,(H,32,33)/b15-12+. The summed E-state index contributed by atoms with van der Waals surface area (Å²) in [7, 11) is 5.83. The van der Waals surface area contributed by atoms with Crippen LogP contribution in [0.3, 0.4) is 0 Å². The van der Waals surface area contributed by atoms with Gasteiger partial charge in [0.25, 0.3) is 0 Å². The van der Waals surface area contributed by atoms with Gasteiger partial charge in [0.2, 0.25) is 5.91 Å². The number of aromatic nitrogens is 2. The van der Waals surface area contributed by atoms with Crippen molar-refractivity contribution in [1.29, 1.82) is 0 Å². The molecular weight excluding hydrogens is 460 g/mol. The molecule has 1 aliphatic heterocycles. The number of aromatic amines is 1. The van der Waals surface area contributed by atoms with Crippen molar-refractivity contribution in [1.82, 2.24) is 15.1 Å². The van der Waals surface area contributed by atoms with Gasteiger partial charge < -0.3 is 14.5 Å². The van der Waals surface area contributed by atoms with Crippen molar-refractivity contribution in [3.8, 4) is 0 Å². The van der Waals surface area contributed by atoms with Gasteiger partial charge in [-0.3, -0.25) is 9.89 Å². The number of rotatable bonds is 8. The summed E-state index contributed by atoms with van der Waals surface area (Å²) < 4.78 is 5.27. The van der Waals surface area contributed by atoms with Gasteiger partial charge in [0.15, 0.2) is 0 Å². The number of para-hydroxylation sites is 1. The molecule has 2 heterocycles. The topological polar surface area (TPSA) is 61.5 Å². The zero-order valence-corrected chi connectivity index (χ0v) is 21.6. The summed E-state index contributed by atoms with van der Waals surface area (Å²) in [6, 6.07) is 23.3. The lowest BCUT2D eigenvalue weighted by Gasteiger charge is -2.17. The zero-order valence-electron chi connectivity index (χ0n) is 21.6. The Kier molecular flexibility index (Phi) is 5.94. The number of benzene rings is 3. The van der Waals surface area contributed by atoms with E-state index in [0.717, 1.165) is 46.4 Å². The summed E-state index contributed by atoms with van der Waals surface area (Å²) >= 11 is 0. The van der Waals surface area contributed by atoms with Crippen LogP contribution in [-0.2, 0) is 21.5 Å². The van der Waals surface area contributed by atoms with Crippen LogP contribution in [0.4, 0.5) is 5.69 Å². The highest BCUT2D eigenvalue weighted by molar-refractivity contribution is 6.11. The smallest absolute Gasteiger partial charge is 0.238 e. The van der Waals surface area contributed by atoms with Gasteiger partial charge in [-0.05, 0) is 61.0 Å². The molecule has 3 aromatic carbocycles. The van der Waals surface area contributed by atoms with E-state index >= 15 is 0 Å². The molecule has 0 radical (unpaired) electrons. The average Bonchev–Trinajstić information content (AvgIpc) is 3.47. The molecule has 6 rings (SSSR count). The van der Waals surface area contributed by atoms with Crippen LogP contribution in [0.15, 0.2) is 66.7 Å². The molecule has 1 aliphatic carbocycles. The highest BCUT2D eigenvalue weighted by Gasteiger charge is 2.67. The molecule has 6 heteroatoms. The number of nitrogens with zero attached hydrogens (tertiary/aromatic N) is 3. The van der Waals surface area contributed by atoms with Crippen molar-refractivity contribution in [2.75, 3.05) is 39.3 Å². The molecule has 188 valence electrons. The predicted octanol–water partition coefficient (Wildman–Crippen LogP) is 5.21. The first kappa shape index (κ1) is 23.6. The first-order valence-electron chi connectivity index (χ1n) is 12.8. The van der Waals surface area contributed by atoms with E-state index < -0.39 is 5.41 Å². The summed E-state index contributed by atoms with van der Waals surface area (Å²) in [6.45, 7) is 2.03. The highest BCUT2D eigenvalue weighted by Crippen LogP contribution is 2.66. The van der Waals surface area contributed by atoms with Crippen LogP contribution in [0.1, 0.15) is 40.3 Å². The van der Waals surface area contributed by atoms with Crippen molar-refractivity contribution < 1.29 is 9.53 Å². The Labute approximate surface area is 217 Å². The Hall–Kier alpha value is -3.74. The average molecular weight is 493 g/mol. The van der Waals surface area contributed by atoms with E-state index in [0.29, 0.717) is 13.2 Å². The van der Waals surface area contributed by atoms with E-state index in [1.807, 2.05) is 17.0 Å². The first-order chi connectivity index (χ1) is 18.0. The number of anilines is 1. The second-order valence-electron chi connectivity index (χ2n) is 10.4. The van der Waals surface area contributed by atoms with E-state index in [1.165, 1.54) is 11.1 Å². The third-order valence-electron chi connectivity index (χ3n) is 7.71. The maximum absolute atomic E-state index is 13.6. The molecule has 2 unspecified atom stereocenters. The number of hydrogen-bond donors (Lipinski definition) is 1. The van der Waals surface area contributed by atoms with Crippen molar-refractivity contribution in [2.24, 2.45) is 0 Å². The number of nitrogens with one attached hydrogen (secondary N) is 1. The van der Waals surface area contributed by atoms with Crippen molar-refractivity contribution in [2.45, 2.75) is 24.3 Å². The van der Waals surface area contributed by atoms with Crippen molar-refractivity contribution in [3.63, 3.8) is 0 Å². The molecule has 1 saturated carbocycles. The quantitative estimate of drug-likeness (QED) is 0.367. The fraction of sp³-hybridized carbons (Fsp3) is 0.290. The summed E-state index contributed by atoms with van der Waals surface area (Å²) in [5, 5.41) is 8.85. The number of carbonyl (C=O) groups excluding carboxylic acids is 1. The molecule has 1 fully saturated rings. The summed E-state index contributed by atoms with van der Waals surface area (Å²) in [4.78, 5) is 17.7. The van der Waals surface area contributed by atoms with E-state index in [1.54, 1.807) is 7.11 Å². The van der Waals surface area contributed by atoms with E-state index in [9.17, 15) is 4.79 Å². The largest absolute Gasteiger partial charge is 0.383 e. The number of carbonyl (C=O) groups is 1. The minimum atomic E-state index is -0.459.